The Balaban J connectivity index is 1.57. The lowest BCUT2D eigenvalue weighted by Gasteiger charge is -2.43. The minimum Gasteiger partial charge on any atom is -0.396 e. The van der Waals surface area contributed by atoms with Gasteiger partial charge in [-0.15, -0.1) is 22.7 Å². The van der Waals surface area contributed by atoms with Gasteiger partial charge in [-0.05, 0) is 46.5 Å². The third-order valence-electron chi connectivity index (χ3n) is 7.72. The average molecular weight is 521 g/mol. The predicted octanol–water partition coefficient (Wildman–Crippen LogP) is 6.72. The van der Waals surface area contributed by atoms with Gasteiger partial charge in [0.1, 0.15) is 10.0 Å². The summed E-state index contributed by atoms with van der Waals surface area (Å²) in [5.41, 5.74) is 5.58. The maximum absolute atomic E-state index is 11.2. The van der Waals surface area contributed by atoms with Gasteiger partial charge in [-0.3, -0.25) is 0 Å². The summed E-state index contributed by atoms with van der Waals surface area (Å²) in [5, 5.41) is 24.1. The molecule has 2 N–H and O–H groups in total. The quantitative estimate of drug-likeness (QED) is 0.256. The van der Waals surface area contributed by atoms with Crippen LogP contribution in [0.2, 0.25) is 0 Å². The van der Waals surface area contributed by atoms with E-state index in [4.69, 9.17) is 9.97 Å². The first-order chi connectivity index (χ1) is 18.3. The van der Waals surface area contributed by atoms with Crippen LogP contribution in [0.25, 0.3) is 31.6 Å². The van der Waals surface area contributed by atoms with E-state index in [0.29, 0.717) is 0 Å². The van der Waals surface area contributed by atoms with E-state index in [1.54, 1.807) is 22.7 Å². The second-order valence-electron chi connectivity index (χ2n) is 9.47. The number of aliphatic hydroxyl groups is 2. The predicted molar refractivity (Wildman–Crippen MR) is 152 cm³/mol. The van der Waals surface area contributed by atoms with E-state index in [2.05, 4.69) is 60.7 Å². The van der Waals surface area contributed by atoms with Gasteiger partial charge in [-0.1, -0.05) is 72.8 Å². The van der Waals surface area contributed by atoms with Crippen LogP contribution in [0, 0.1) is 0 Å². The fourth-order valence-electron chi connectivity index (χ4n) is 6.21. The highest BCUT2D eigenvalue weighted by Gasteiger charge is 2.56. The van der Waals surface area contributed by atoms with Crippen molar-refractivity contribution < 1.29 is 10.2 Å². The zero-order chi connectivity index (χ0) is 25.0. The van der Waals surface area contributed by atoms with Gasteiger partial charge in [0, 0.05) is 17.3 Å². The molecule has 0 saturated carbocycles. The number of hydrogen-bond acceptors (Lipinski definition) is 6. The lowest BCUT2D eigenvalue weighted by atomic mass is 9.61. The highest BCUT2D eigenvalue weighted by molar-refractivity contribution is 7.19. The molecule has 2 aromatic heterocycles. The molecular formula is C31H24N2O2S2. The topological polar surface area (TPSA) is 66.2 Å². The van der Waals surface area contributed by atoms with Crippen molar-refractivity contribution >= 4 is 43.1 Å². The van der Waals surface area contributed by atoms with E-state index in [1.807, 2.05) is 36.4 Å². The molecule has 1 aliphatic rings. The first-order valence-electron chi connectivity index (χ1n) is 12.4. The van der Waals surface area contributed by atoms with E-state index in [1.165, 1.54) is 0 Å². The van der Waals surface area contributed by atoms with Gasteiger partial charge in [-0.25, -0.2) is 9.97 Å². The van der Waals surface area contributed by atoms with Crippen LogP contribution in [-0.4, -0.2) is 33.4 Å². The van der Waals surface area contributed by atoms with Crippen LogP contribution < -0.4 is 0 Å². The second kappa shape index (κ2) is 8.85. The Morgan fingerprint density at radius 2 is 0.973 bits per heavy atom. The molecule has 0 saturated heterocycles. The number of aliphatic hydroxyl groups excluding tert-OH is 2. The maximum atomic E-state index is 11.2. The largest absolute Gasteiger partial charge is 0.396 e. The van der Waals surface area contributed by atoms with Gasteiger partial charge in [0.25, 0.3) is 0 Å². The molecule has 1 aliphatic carbocycles. The normalized spacial score (nSPS) is 15.5. The number of nitrogens with zero attached hydrogens (tertiary/aromatic N) is 2. The zero-order valence-electron chi connectivity index (χ0n) is 19.9. The number of benzene rings is 4. The van der Waals surface area contributed by atoms with Gasteiger partial charge in [0.2, 0.25) is 0 Å². The zero-order valence-corrected chi connectivity index (χ0v) is 21.5. The molecule has 37 heavy (non-hydrogen) atoms. The summed E-state index contributed by atoms with van der Waals surface area (Å²) in [6.45, 7) is -0.215. The van der Waals surface area contributed by atoms with Crippen molar-refractivity contribution in [1.29, 1.82) is 0 Å². The van der Waals surface area contributed by atoms with Crippen molar-refractivity contribution in [2.75, 3.05) is 13.2 Å². The second-order valence-corrected chi connectivity index (χ2v) is 11.6. The van der Waals surface area contributed by atoms with Crippen LogP contribution >= 0.6 is 22.7 Å². The molecule has 2 heterocycles. The van der Waals surface area contributed by atoms with Gasteiger partial charge in [-0.2, -0.15) is 0 Å². The molecule has 0 bridgehead atoms. The van der Waals surface area contributed by atoms with Crippen molar-refractivity contribution in [3.8, 4) is 11.1 Å². The molecule has 0 spiro atoms. The standard InChI is InChI=1S/C31H24N2O2S2/c34-17-23(29-32-25-13-5-7-15-27(25)36-29)31(24(18-35)30-33-26-14-6-8-16-28(26)37-30)21-11-3-1-9-19(21)20-10-2-4-12-22(20)31/h1-16,23-24,34-35H,17-18H2. The summed E-state index contributed by atoms with van der Waals surface area (Å²) in [5.74, 6) is -0.752. The Bertz CT molecular complexity index is 1560. The van der Waals surface area contributed by atoms with E-state index < -0.39 is 5.41 Å². The molecule has 2 unspecified atom stereocenters. The molecule has 0 radical (unpaired) electrons. The lowest BCUT2D eigenvalue weighted by Crippen LogP contribution is -2.42. The molecule has 6 heteroatoms. The Hall–Kier alpha value is -3.42. The fraction of sp³-hybridized carbons (Fsp3) is 0.161. The molecule has 0 fully saturated rings. The summed E-state index contributed by atoms with van der Waals surface area (Å²) >= 11 is 3.25. The SMILES string of the molecule is OCC(c1nc2ccccc2s1)C1(C(CO)c2nc3ccccc3s2)c2ccccc2-c2ccccc21. The van der Waals surface area contributed by atoms with Crippen molar-refractivity contribution in [3.63, 3.8) is 0 Å². The molecule has 0 aliphatic heterocycles. The summed E-state index contributed by atoms with van der Waals surface area (Å²) in [6.07, 6.45) is 0. The highest BCUT2D eigenvalue weighted by Crippen LogP contribution is 2.62. The van der Waals surface area contributed by atoms with Crippen LogP contribution in [0.5, 0.6) is 0 Å². The number of thiazole rings is 2. The Morgan fingerprint density at radius 3 is 1.41 bits per heavy atom. The minimum absolute atomic E-state index is 0.107. The average Bonchev–Trinajstić information content (AvgIpc) is 3.64. The molecule has 6 aromatic rings. The molecule has 2 atom stereocenters. The smallest absolute Gasteiger partial charge is 0.100 e. The van der Waals surface area contributed by atoms with Crippen molar-refractivity contribution in [3.05, 3.63) is 118 Å². The van der Waals surface area contributed by atoms with Gasteiger partial charge in [0.15, 0.2) is 0 Å². The van der Waals surface area contributed by atoms with E-state index in [9.17, 15) is 10.2 Å². The third kappa shape index (κ3) is 3.27. The first-order valence-corrected chi connectivity index (χ1v) is 14.0. The van der Waals surface area contributed by atoms with E-state index in [-0.39, 0.29) is 25.0 Å². The monoisotopic (exact) mass is 520 g/mol. The molecule has 4 aromatic carbocycles. The van der Waals surface area contributed by atoms with Gasteiger partial charge >= 0.3 is 0 Å². The number of hydrogen-bond donors (Lipinski definition) is 2. The maximum Gasteiger partial charge on any atom is 0.100 e. The molecule has 0 amide bonds. The summed E-state index contributed by atoms with van der Waals surface area (Å²) in [4.78, 5) is 10.1. The van der Waals surface area contributed by atoms with Crippen LogP contribution in [0.4, 0.5) is 0 Å². The number of fused-ring (bicyclic) bond motifs is 5. The summed E-state index contributed by atoms with van der Waals surface area (Å²) < 4.78 is 2.18. The van der Waals surface area contributed by atoms with Crippen molar-refractivity contribution in [2.24, 2.45) is 0 Å². The van der Waals surface area contributed by atoms with Crippen molar-refractivity contribution in [1.82, 2.24) is 9.97 Å². The molecule has 4 nitrogen and oxygen atoms in total. The van der Waals surface area contributed by atoms with Crippen LogP contribution in [0.15, 0.2) is 97.1 Å². The van der Waals surface area contributed by atoms with Gasteiger partial charge < -0.3 is 10.2 Å². The third-order valence-corrected chi connectivity index (χ3v) is 10.0. The number of para-hydroxylation sites is 2. The fourth-order valence-corrected chi connectivity index (χ4v) is 8.48. The van der Waals surface area contributed by atoms with E-state index >= 15 is 0 Å². The molecule has 7 rings (SSSR count). The highest BCUT2D eigenvalue weighted by atomic mass is 32.1. The first kappa shape index (κ1) is 22.8. The molecule has 182 valence electrons. The Kier molecular flexibility index (Phi) is 5.44. The minimum atomic E-state index is -0.752. The summed E-state index contributed by atoms with van der Waals surface area (Å²) in [7, 11) is 0. The van der Waals surface area contributed by atoms with Crippen molar-refractivity contribution in [2.45, 2.75) is 17.3 Å². The van der Waals surface area contributed by atoms with E-state index in [0.717, 1.165) is 52.7 Å². The van der Waals surface area contributed by atoms with Gasteiger partial charge in [0.05, 0.1) is 33.6 Å². The Labute approximate surface area is 222 Å². The van der Waals surface area contributed by atoms with Crippen LogP contribution in [0.3, 0.4) is 0 Å². The number of rotatable bonds is 6. The Morgan fingerprint density at radius 1 is 0.568 bits per heavy atom. The summed E-state index contributed by atoms with van der Waals surface area (Å²) in [6, 6.07) is 33.0. The van der Waals surface area contributed by atoms with Crippen LogP contribution in [-0.2, 0) is 5.41 Å². The lowest BCUT2D eigenvalue weighted by molar-refractivity contribution is 0.163. The molecular weight excluding hydrogens is 496 g/mol. The van der Waals surface area contributed by atoms with Crippen LogP contribution in [0.1, 0.15) is 33.0 Å². The number of aromatic nitrogens is 2.